The molecule has 1 aromatic rings. The summed E-state index contributed by atoms with van der Waals surface area (Å²) in [6.07, 6.45) is 5.56. The highest BCUT2D eigenvalue weighted by Crippen LogP contribution is 2.35. The normalized spacial score (nSPS) is 23.9. The Hall–Kier alpha value is -1.83. The molecule has 2 rings (SSSR count). The Morgan fingerprint density at radius 3 is 2.60 bits per heavy atom. The van der Waals surface area contributed by atoms with Crippen LogP contribution in [0.15, 0.2) is 55.3 Å². The van der Waals surface area contributed by atoms with Crippen LogP contribution < -0.4 is 0 Å². The first kappa shape index (κ1) is 9.71. The van der Waals surface area contributed by atoms with E-state index >= 15 is 0 Å². The van der Waals surface area contributed by atoms with Crippen molar-refractivity contribution in [1.29, 1.82) is 0 Å². The van der Waals surface area contributed by atoms with Gasteiger partial charge in [0.05, 0.1) is 6.26 Å². The van der Waals surface area contributed by atoms with Crippen molar-refractivity contribution in [1.82, 2.24) is 0 Å². The van der Waals surface area contributed by atoms with Crippen LogP contribution in [-0.2, 0) is 14.9 Å². The number of cyclic esters (lactones) is 1. The van der Waals surface area contributed by atoms with Gasteiger partial charge in [0, 0.05) is 0 Å². The van der Waals surface area contributed by atoms with E-state index in [4.69, 9.17) is 4.74 Å². The summed E-state index contributed by atoms with van der Waals surface area (Å²) in [5, 5.41) is 0. The predicted molar refractivity (Wildman–Crippen MR) is 58.2 cm³/mol. The molecule has 1 atom stereocenters. The second-order valence-corrected chi connectivity index (χ2v) is 3.54. The fourth-order valence-electron chi connectivity index (χ4n) is 1.83. The van der Waals surface area contributed by atoms with Crippen molar-refractivity contribution in [3.8, 4) is 0 Å². The number of esters is 1. The van der Waals surface area contributed by atoms with Crippen molar-refractivity contribution in [2.24, 2.45) is 0 Å². The van der Waals surface area contributed by atoms with Gasteiger partial charge in [0.1, 0.15) is 5.41 Å². The average molecular weight is 200 g/mol. The highest BCUT2D eigenvalue weighted by molar-refractivity contribution is 5.88. The van der Waals surface area contributed by atoms with Gasteiger partial charge in [-0.25, -0.2) is 0 Å². The SMILES string of the molecule is C=CCC1(c2ccccc2)C=COC1=O. The van der Waals surface area contributed by atoms with E-state index in [1.807, 2.05) is 30.3 Å². The molecule has 0 aromatic heterocycles. The fraction of sp³-hybridized carbons (Fsp3) is 0.154. The zero-order valence-electron chi connectivity index (χ0n) is 8.35. The van der Waals surface area contributed by atoms with E-state index in [1.165, 1.54) is 6.26 Å². The van der Waals surface area contributed by atoms with Crippen molar-refractivity contribution >= 4 is 5.97 Å². The third-order valence-electron chi connectivity index (χ3n) is 2.65. The maximum absolute atomic E-state index is 11.8. The molecule has 0 bridgehead atoms. The molecule has 0 saturated heterocycles. The summed E-state index contributed by atoms with van der Waals surface area (Å²) >= 11 is 0. The van der Waals surface area contributed by atoms with E-state index in [-0.39, 0.29) is 5.97 Å². The highest BCUT2D eigenvalue weighted by atomic mass is 16.5. The minimum absolute atomic E-state index is 0.228. The van der Waals surface area contributed by atoms with Gasteiger partial charge in [-0.15, -0.1) is 6.58 Å². The van der Waals surface area contributed by atoms with Gasteiger partial charge in [-0.05, 0) is 18.1 Å². The minimum atomic E-state index is -0.664. The Balaban J connectivity index is 2.48. The van der Waals surface area contributed by atoms with Crippen LogP contribution in [0.5, 0.6) is 0 Å². The second-order valence-electron chi connectivity index (χ2n) is 3.54. The molecular formula is C13H12O2. The maximum atomic E-state index is 11.8. The summed E-state index contributed by atoms with van der Waals surface area (Å²) in [5.74, 6) is -0.228. The first-order valence-electron chi connectivity index (χ1n) is 4.85. The number of hydrogen-bond donors (Lipinski definition) is 0. The Morgan fingerprint density at radius 1 is 1.33 bits per heavy atom. The topological polar surface area (TPSA) is 26.3 Å². The van der Waals surface area contributed by atoms with Crippen LogP contribution in [0.25, 0.3) is 0 Å². The van der Waals surface area contributed by atoms with Crippen molar-refractivity contribution in [3.05, 3.63) is 60.9 Å². The maximum Gasteiger partial charge on any atom is 0.325 e. The van der Waals surface area contributed by atoms with Crippen LogP contribution >= 0.6 is 0 Å². The minimum Gasteiger partial charge on any atom is -0.434 e. The Kier molecular flexibility index (Phi) is 2.42. The Morgan fingerprint density at radius 2 is 2.07 bits per heavy atom. The summed E-state index contributed by atoms with van der Waals surface area (Å²) in [7, 11) is 0. The average Bonchev–Trinajstić information content (AvgIpc) is 2.63. The molecule has 0 amide bonds. The molecule has 0 aliphatic carbocycles. The molecule has 0 spiro atoms. The third-order valence-corrected chi connectivity index (χ3v) is 2.65. The van der Waals surface area contributed by atoms with Gasteiger partial charge in [-0.3, -0.25) is 4.79 Å². The van der Waals surface area contributed by atoms with Crippen LogP contribution in [0.3, 0.4) is 0 Å². The first-order valence-corrected chi connectivity index (χ1v) is 4.85. The van der Waals surface area contributed by atoms with Gasteiger partial charge in [-0.2, -0.15) is 0 Å². The quantitative estimate of drug-likeness (QED) is 0.553. The fourth-order valence-corrected chi connectivity index (χ4v) is 1.83. The molecule has 0 fully saturated rings. The van der Waals surface area contributed by atoms with Gasteiger partial charge >= 0.3 is 5.97 Å². The summed E-state index contributed by atoms with van der Waals surface area (Å²) in [6.45, 7) is 3.69. The van der Waals surface area contributed by atoms with Gasteiger partial charge in [-0.1, -0.05) is 36.4 Å². The van der Waals surface area contributed by atoms with Crippen molar-refractivity contribution in [3.63, 3.8) is 0 Å². The number of hydrogen-bond acceptors (Lipinski definition) is 2. The second kappa shape index (κ2) is 3.73. The summed E-state index contributed by atoms with van der Waals surface area (Å²) in [5.41, 5.74) is 0.284. The zero-order chi connectivity index (χ0) is 10.7. The zero-order valence-corrected chi connectivity index (χ0v) is 8.35. The van der Waals surface area contributed by atoms with E-state index in [1.54, 1.807) is 12.2 Å². The van der Waals surface area contributed by atoms with Gasteiger partial charge < -0.3 is 4.74 Å². The smallest absolute Gasteiger partial charge is 0.325 e. The third kappa shape index (κ3) is 1.48. The summed E-state index contributed by atoms with van der Waals surface area (Å²) < 4.78 is 4.91. The van der Waals surface area contributed by atoms with E-state index in [9.17, 15) is 4.79 Å². The summed E-state index contributed by atoms with van der Waals surface area (Å²) in [4.78, 5) is 11.8. The Bertz CT molecular complexity index is 406. The van der Waals surface area contributed by atoms with Crippen LogP contribution in [0.4, 0.5) is 0 Å². The van der Waals surface area contributed by atoms with E-state index in [0.717, 1.165) is 5.56 Å². The largest absolute Gasteiger partial charge is 0.434 e. The van der Waals surface area contributed by atoms with E-state index in [2.05, 4.69) is 6.58 Å². The van der Waals surface area contributed by atoms with Crippen LogP contribution in [0.1, 0.15) is 12.0 Å². The lowest BCUT2D eigenvalue weighted by atomic mass is 9.78. The van der Waals surface area contributed by atoms with Crippen molar-refractivity contribution < 1.29 is 9.53 Å². The van der Waals surface area contributed by atoms with Crippen molar-refractivity contribution in [2.45, 2.75) is 11.8 Å². The molecule has 0 radical (unpaired) electrons. The molecule has 1 aromatic carbocycles. The van der Waals surface area contributed by atoms with Gasteiger partial charge in [0.25, 0.3) is 0 Å². The number of carbonyl (C=O) groups is 1. The van der Waals surface area contributed by atoms with Crippen LogP contribution in [0.2, 0.25) is 0 Å². The molecule has 1 aliphatic rings. The molecule has 0 N–H and O–H groups in total. The molecule has 2 heteroatoms. The Labute approximate surface area is 88.9 Å². The molecular weight excluding hydrogens is 188 g/mol. The molecule has 1 unspecified atom stereocenters. The molecule has 76 valence electrons. The molecule has 15 heavy (non-hydrogen) atoms. The monoisotopic (exact) mass is 200 g/mol. The lowest BCUT2D eigenvalue weighted by molar-refractivity contribution is -0.140. The number of carbonyl (C=O) groups excluding carboxylic acids is 1. The number of ether oxygens (including phenoxy) is 1. The molecule has 2 nitrogen and oxygen atoms in total. The van der Waals surface area contributed by atoms with Crippen LogP contribution in [-0.4, -0.2) is 5.97 Å². The molecule has 1 heterocycles. The van der Waals surface area contributed by atoms with Gasteiger partial charge in [0.2, 0.25) is 0 Å². The predicted octanol–water partition coefficient (Wildman–Crippen LogP) is 2.57. The standard InChI is InChI=1S/C13H12O2/c1-2-8-13(9-10-15-12(13)14)11-6-4-3-5-7-11/h2-7,9-10H,1,8H2. The first-order chi connectivity index (χ1) is 7.29. The number of benzene rings is 1. The van der Waals surface area contributed by atoms with Crippen molar-refractivity contribution in [2.75, 3.05) is 0 Å². The van der Waals surface area contributed by atoms with E-state index < -0.39 is 5.41 Å². The number of rotatable bonds is 3. The highest BCUT2D eigenvalue weighted by Gasteiger charge is 2.41. The molecule has 0 saturated carbocycles. The summed E-state index contributed by atoms with van der Waals surface area (Å²) in [6, 6.07) is 9.62. The molecule has 1 aliphatic heterocycles. The van der Waals surface area contributed by atoms with E-state index in [0.29, 0.717) is 6.42 Å². The lowest BCUT2D eigenvalue weighted by Gasteiger charge is -2.22. The lowest BCUT2D eigenvalue weighted by Crippen LogP contribution is -2.30. The van der Waals surface area contributed by atoms with Crippen LogP contribution in [0, 0.1) is 0 Å². The van der Waals surface area contributed by atoms with Gasteiger partial charge in [0.15, 0.2) is 0 Å². The number of allylic oxidation sites excluding steroid dienone is 1.